The Hall–Kier alpha value is -2.30. The standard InChI is InChI=1S/C11H17O2.3C6H5.Sn/c1-4-5-11-10(8-12-3)9(2)6-7-13-11;3*1-2-4-6-5-3-1;/h2,5,10H,4,6-8H2,1,3H3;3*1-5H;/b9-2?,11-5+;;;;. The molecule has 164 valence electrons. The minimum absolute atomic E-state index is 0.181. The average Bonchev–Trinajstić information content (AvgIpc) is 2.86. The van der Waals surface area contributed by atoms with Crippen LogP contribution in [0.25, 0.3) is 0 Å². The van der Waals surface area contributed by atoms with Gasteiger partial charge in [-0.05, 0) is 0 Å². The maximum absolute atomic E-state index is 6.11. The molecule has 0 N–H and O–H groups in total. The van der Waals surface area contributed by atoms with Crippen molar-refractivity contribution in [3.63, 3.8) is 0 Å². The molecule has 4 rings (SSSR count). The van der Waals surface area contributed by atoms with Crippen molar-refractivity contribution in [2.24, 2.45) is 5.92 Å². The Bertz CT molecular complexity index is 946. The van der Waals surface area contributed by atoms with E-state index < -0.39 is 18.4 Å². The Labute approximate surface area is 196 Å². The van der Waals surface area contributed by atoms with Gasteiger partial charge in [0.15, 0.2) is 0 Å². The second-order valence-corrected chi connectivity index (χ2v) is 18.6. The Morgan fingerprint density at radius 1 is 0.844 bits per heavy atom. The van der Waals surface area contributed by atoms with Gasteiger partial charge in [-0.25, -0.2) is 0 Å². The fraction of sp³-hybridized carbons (Fsp3) is 0.241. The van der Waals surface area contributed by atoms with Crippen LogP contribution in [0, 0.1) is 5.92 Å². The number of allylic oxidation sites excluding steroid dienone is 1. The van der Waals surface area contributed by atoms with Crippen LogP contribution in [-0.2, 0) is 9.47 Å². The van der Waals surface area contributed by atoms with Crippen molar-refractivity contribution >= 4 is 29.1 Å². The van der Waals surface area contributed by atoms with Gasteiger partial charge < -0.3 is 0 Å². The summed E-state index contributed by atoms with van der Waals surface area (Å²) in [6, 6.07) is 33.5. The van der Waals surface area contributed by atoms with E-state index >= 15 is 0 Å². The zero-order chi connectivity index (χ0) is 22.2. The molecule has 0 bridgehead atoms. The van der Waals surface area contributed by atoms with Crippen molar-refractivity contribution in [1.82, 2.24) is 0 Å². The Kier molecular flexibility index (Phi) is 7.88. The monoisotopic (exact) mass is 532 g/mol. The molecule has 1 fully saturated rings. The molecule has 3 aromatic rings. The van der Waals surface area contributed by atoms with E-state index in [1.165, 1.54) is 16.3 Å². The summed E-state index contributed by atoms with van der Waals surface area (Å²) in [4.78, 5) is 0. The van der Waals surface area contributed by atoms with Gasteiger partial charge in [0, 0.05) is 0 Å². The SMILES string of the molecule is CC/C=C1/OCC/C(=[CH]\[Sn]([c]2ccccc2)([c]2ccccc2)[c]2ccccc2)C1COC. The van der Waals surface area contributed by atoms with Crippen molar-refractivity contribution in [1.29, 1.82) is 0 Å². The topological polar surface area (TPSA) is 18.5 Å². The first kappa shape index (κ1) is 22.9. The van der Waals surface area contributed by atoms with Crippen LogP contribution in [0.3, 0.4) is 0 Å². The van der Waals surface area contributed by atoms with E-state index in [0.717, 1.165) is 25.2 Å². The molecule has 2 nitrogen and oxygen atoms in total. The summed E-state index contributed by atoms with van der Waals surface area (Å²) < 4.78 is 18.9. The summed E-state index contributed by atoms with van der Waals surface area (Å²) >= 11 is -3.48. The van der Waals surface area contributed by atoms with Crippen molar-refractivity contribution in [3.8, 4) is 0 Å². The van der Waals surface area contributed by atoms with Crippen LogP contribution in [0.15, 0.2) is 112 Å². The predicted octanol–water partition coefficient (Wildman–Crippen LogP) is 4.60. The van der Waals surface area contributed by atoms with Crippen molar-refractivity contribution in [3.05, 3.63) is 112 Å². The number of benzene rings is 3. The molecular weight excluding hydrogens is 499 g/mol. The number of ether oxygens (including phenoxy) is 2. The molecule has 1 aliphatic rings. The van der Waals surface area contributed by atoms with Crippen LogP contribution in [-0.4, -0.2) is 38.7 Å². The van der Waals surface area contributed by atoms with Gasteiger partial charge in [-0.15, -0.1) is 0 Å². The summed E-state index contributed by atoms with van der Waals surface area (Å²) in [5.41, 5.74) is 1.46. The van der Waals surface area contributed by atoms with Crippen LogP contribution >= 0.6 is 0 Å². The molecule has 1 atom stereocenters. The van der Waals surface area contributed by atoms with Crippen LogP contribution in [0.1, 0.15) is 19.8 Å². The van der Waals surface area contributed by atoms with E-state index in [2.05, 4.69) is 108 Å². The van der Waals surface area contributed by atoms with E-state index in [9.17, 15) is 0 Å². The number of methoxy groups -OCH3 is 1. The molecule has 0 radical (unpaired) electrons. The molecule has 1 unspecified atom stereocenters. The van der Waals surface area contributed by atoms with E-state index in [1.807, 2.05) is 0 Å². The third kappa shape index (κ3) is 4.72. The number of hydrogen-bond donors (Lipinski definition) is 0. The van der Waals surface area contributed by atoms with E-state index in [4.69, 9.17) is 9.47 Å². The second kappa shape index (κ2) is 11.0. The van der Waals surface area contributed by atoms with Gasteiger partial charge in [0.25, 0.3) is 0 Å². The first-order valence-corrected chi connectivity index (χ1v) is 17.4. The Balaban J connectivity index is 2.00. The molecule has 32 heavy (non-hydrogen) atoms. The second-order valence-electron chi connectivity index (χ2n) is 8.25. The van der Waals surface area contributed by atoms with Gasteiger partial charge >= 0.3 is 197 Å². The fourth-order valence-electron chi connectivity index (χ4n) is 4.81. The molecule has 3 heteroatoms. The third-order valence-electron chi connectivity index (χ3n) is 6.28. The summed E-state index contributed by atoms with van der Waals surface area (Å²) in [5.74, 6) is 1.25. The molecule has 0 aliphatic carbocycles. The zero-order valence-electron chi connectivity index (χ0n) is 19.0. The molecule has 0 aromatic heterocycles. The van der Waals surface area contributed by atoms with Gasteiger partial charge in [-0.2, -0.15) is 0 Å². The van der Waals surface area contributed by atoms with Gasteiger partial charge in [0.1, 0.15) is 0 Å². The molecule has 1 aliphatic heterocycles. The van der Waals surface area contributed by atoms with Crippen molar-refractivity contribution in [2.75, 3.05) is 20.3 Å². The molecule has 1 saturated heterocycles. The van der Waals surface area contributed by atoms with Crippen LogP contribution in [0.2, 0.25) is 0 Å². The Morgan fingerprint density at radius 3 is 1.78 bits per heavy atom. The van der Waals surface area contributed by atoms with E-state index in [1.54, 1.807) is 7.11 Å². The first-order chi connectivity index (χ1) is 15.8. The van der Waals surface area contributed by atoms with Crippen LogP contribution < -0.4 is 10.7 Å². The fourth-order valence-corrected chi connectivity index (χ4v) is 17.8. The van der Waals surface area contributed by atoms with Gasteiger partial charge in [-0.1, -0.05) is 0 Å². The molecule has 0 spiro atoms. The summed E-state index contributed by atoms with van der Waals surface area (Å²) in [7, 11) is 1.79. The molecule has 3 aromatic carbocycles. The molecule has 0 amide bonds. The summed E-state index contributed by atoms with van der Waals surface area (Å²) in [6.07, 6.45) is 4.13. The maximum atomic E-state index is 6.11. The Morgan fingerprint density at radius 2 is 1.34 bits per heavy atom. The predicted molar refractivity (Wildman–Crippen MR) is 136 cm³/mol. The molecule has 1 heterocycles. The molecule has 0 saturated carbocycles. The first-order valence-electron chi connectivity index (χ1n) is 11.5. The van der Waals surface area contributed by atoms with Crippen molar-refractivity contribution in [2.45, 2.75) is 19.8 Å². The average molecular weight is 531 g/mol. The number of hydrogen-bond acceptors (Lipinski definition) is 2. The van der Waals surface area contributed by atoms with E-state index in [-0.39, 0.29) is 5.92 Å². The third-order valence-corrected chi connectivity index (χ3v) is 19.2. The van der Waals surface area contributed by atoms with Crippen LogP contribution in [0.4, 0.5) is 0 Å². The van der Waals surface area contributed by atoms with Crippen molar-refractivity contribution < 1.29 is 9.47 Å². The van der Waals surface area contributed by atoms with Gasteiger partial charge in [-0.3, -0.25) is 0 Å². The van der Waals surface area contributed by atoms with Crippen LogP contribution in [0.5, 0.6) is 0 Å². The van der Waals surface area contributed by atoms with Gasteiger partial charge in [0.05, 0.1) is 0 Å². The number of rotatable bonds is 7. The molecular formula is C29H32O2Sn. The normalized spacial score (nSPS) is 19.1. The minimum atomic E-state index is -3.48. The van der Waals surface area contributed by atoms with Gasteiger partial charge in [0.2, 0.25) is 0 Å². The summed E-state index contributed by atoms with van der Waals surface area (Å²) in [6.45, 7) is 3.55. The quantitative estimate of drug-likeness (QED) is 0.416. The van der Waals surface area contributed by atoms with E-state index in [0.29, 0.717) is 6.61 Å². The summed E-state index contributed by atoms with van der Waals surface area (Å²) in [5, 5.41) is 0. The zero-order valence-corrected chi connectivity index (χ0v) is 21.9.